The van der Waals surface area contributed by atoms with Gasteiger partial charge < -0.3 is 20.5 Å². The molecule has 1 saturated carbocycles. The normalized spacial score (nSPS) is 19.2. The maximum Gasteiger partial charge on any atom is 0.407 e. The van der Waals surface area contributed by atoms with Crippen LogP contribution in [0.25, 0.3) is 11.1 Å². The van der Waals surface area contributed by atoms with Gasteiger partial charge in [0.15, 0.2) is 0 Å². The summed E-state index contributed by atoms with van der Waals surface area (Å²) in [5.74, 6) is -1.40. The van der Waals surface area contributed by atoms with Crippen molar-refractivity contribution < 1.29 is 24.2 Å². The Kier molecular flexibility index (Phi) is 6.91. The molecule has 34 heavy (non-hydrogen) atoms. The number of carbonyl (C=O) groups excluding carboxylic acids is 2. The summed E-state index contributed by atoms with van der Waals surface area (Å²) in [6.07, 6.45) is 2.06. The van der Waals surface area contributed by atoms with E-state index in [1.54, 1.807) is 13.8 Å². The Labute approximate surface area is 199 Å². The number of carboxylic acid groups (broad SMARTS) is 1. The van der Waals surface area contributed by atoms with Gasteiger partial charge in [-0.05, 0) is 55.4 Å². The third-order valence-corrected chi connectivity index (χ3v) is 7.13. The zero-order valence-corrected chi connectivity index (χ0v) is 19.7. The van der Waals surface area contributed by atoms with E-state index in [1.165, 1.54) is 11.1 Å². The first-order valence-corrected chi connectivity index (χ1v) is 11.9. The monoisotopic (exact) mass is 464 g/mol. The number of rotatable bonds is 8. The number of amides is 2. The smallest absolute Gasteiger partial charge is 0.407 e. The number of hydrogen-bond donors (Lipinski definition) is 3. The number of nitrogens with one attached hydrogen (secondary N) is 2. The molecule has 7 nitrogen and oxygen atoms in total. The quantitative estimate of drug-likeness (QED) is 0.540. The number of hydrogen-bond acceptors (Lipinski definition) is 4. The molecule has 0 heterocycles. The molecule has 0 bridgehead atoms. The molecule has 180 valence electrons. The molecule has 7 heteroatoms. The highest BCUT2D eigenvalue weighted by molar-refractivity contribution is 5.81. The van der Waals surface area contributed by atoms with Gasteiger partial charge in [0.25, 0.3) is 0 Å². The highest BCUT2D eigenvalue weighted by Crippen LogP contribution is 2.44. The third kappa shape index (κ3) is 4.93. The first kappa shape index (κ1) is 23.8. The maximum atomic E-state index is 12.7. The van der Waals surface area contributed by atoms with Crippen molar-refractivity contribution >= 4 is 18.0 Å². The zero-order valence-electron chi connectivity index (χ0n) is 19.7. The molecule has 0 aromatic heterocycles. The molecule has 0 radical (unpaired) electrons. The topological polar surface area (TPSA) is 105 Å². The molecule has 2 aliphatic carbocycles. The van der Waals surface area contributed by atoms with Crippen molar-refractivity contribution in [1.82, 2.24) is 10.6 Å². The van der Waals surface area contributed by atoms with Gasteiger partial charge in [-0.15, -0.1) is 0 Å². The van der Waals surface area contributed by atoms with Crippen molar-refractivity contribution in [2.45, 2.75) is 51.5 Å². The predicted molar refractivity (Wildman–Crippen MR) is 128 cm³/mol. The molecule has 2 aromatic rings. The molecule has 4 rings (SSSR count). The number of ether oxygens (including phenoxy) is 1. The van der Waals surface area contributed by atoms with E-state index in [9.17, 15) is 19.5 Å². The summed E-state index contributed by atoms with van der Waals surface area (Å²) in [4.78, 5) is 36.6. The van der Waals surface area contributed by atoms with Crippen LogP contribution in [0.2, 0.25) is 0 Å². The van der Waals surface area contributed by atoms with Crippen LogP contribution in [-0.4, -0.2) is 42.3 Å². The number of carbonyl (C=O) groups is 3. The third-order valence-electron chi connectivity index (χ3n) is 7.13. The van der Waals surface area contributed by atoms with Crippen LogP contribution >= 0.6 is 0 Å². The highest BCUT2D eigenvalue weighted by Gasteiger charge is 2.35. The molecular formula is C27H32N2O5. The Morgan fingerprint density at radius 1 is 1.00 bits per heavy atom. The van der Waals surface area contributed by atoms with E-state index in [2.05, 4.69) is 34.9 Å². The predicted octanol–water partition coefficient (Wildman–Crippen LogP) is 4.31. The van der Waals surface area contributed by atoms with Crippen LogP contribution in [0, 0.1) is 11.3 Å². The average molecular weight is 465 g/mol. The van der Waals surface area contributed by atoms with Gasteiger partial charge in [-0.2, -0.15) is 0 Å². The van der Waals surface area contributed by atoms with E-state index < -0.39 is 17.5 Å². The minimum atomic E-state index is -0.901. The maximum absolute atomic E-state index is 12.7. The van der Waals surface area contributed by atoms with E-state index in [1.807, 2.05) is 24.3 Å². The number of fused-ring (bicyclic) bond motifs is 3. The fourth-order valence-corrected chi connectivity index (χ4v) is 4.97. The molecule has 0 aliphatic heterocycles. The van der Waals surface area contributed by atoms with Crippen molar-refractivity contribution in [1.29, 1.82) is 0 Å². The summed E-state index contributed by atoms with van der Waals surface area (Å²) in [5.41, 5.74) is 3.75. The lowest BCUT2D eigenvalue weighted by Gasteiger charge is -2.23. The molecule has 3 N–H and O–H groups in total. The number of carboxylic acids is 1. The highest BCUT2D eigenvalue weighted by atomic mass is 16.5. The number of benzene rings is 2. The van der Waals surface area contributed by atoms with Crippen LogP contribution in [-0.2, 0) is 14.3 Å². The van der Waals surface area contributed by atoms with E-state index in [4.69, 9.17) is 4.74 Å². The van der Waals surface area contributed by atoms with Gasteiger partial charge in [0.2, 0.25) is 5.91 Å². The fraction of sp³-hybridized carbons (Fsp3) is 0.444. The Balaban J connectivity index is 1.31. The Morgan fingerprint density at radius 2 is 1.62 bits per heavy atom. The second-order valence-electron chi connectivity index (χ2n) is 9.84. The van der Waals surface area contributed by atoms with Crippen molar-refractivity contribution in [2.75, 3.05) is 13.2 Å². The van der Waals surface area contributed by atoms with Crippen molar-refractivity contribution in [2.24, 2.45) is 11.3 Å². The molecule has 0 spiro atoms. The largest absolute Gasteiger partial charge is 0.481 e. The lowest BCUT2D eigenvalue weighted by molar-refractivity contribution is -0.147. The second-order valence-corrected chi connectivity index (χ2v) is 9.84. The first-order chi connectivity index (χ1) is 16.3. The van der Waals surface area contributed by atoms with Gasteiger partial charge in [0.05, 0.1) is 11.3 Å². The Hall–Kier alpha value is -3.35. The van der Waals surface area contributed by atoms with Crippen molar-refractivity contribution in [3.8, 4) is 11.1 Å². The SMILES string of the molecule is CC(C)(CCNC(=O)[C@@H]1CCC[C@@H]1NC(=O)OCC1c2ccccc2-c2ccccc21)C(=O)O. The molecule has 2 atom stereocenters. The molecule has 0 unspecified atom stereocenters. The van der Waals surface area contributed by atoms with Crippen LogP contribution in [0.3, 0.4) is 0 Å². The van der Waals surface area contributed by atoms with E-state index >= 15 is 0 Å². The second kappa shape index (κ2) is 9.87. The summed E-state index contributed by atoms with van der Waals surface area (Å²) in [7, 11) is 0. The molecule has 2 amide bonds. The first-order valence-electron chi connectivity index (χ1n) is 11.9. The van der Waals surface area contributed by atoms with Gasteiger partial charge in [0.1, 0.15) is 6.61 Å². The summed E-state index contributed by atoms with van der Waals surface area (Å²) in [6.45, 7) is 3.79. The Morgan fingerprint density at radius 3 is 2.24 bits per heavy atom. The molecule has 0 saturated heterocycles. The van der Waals surface area contributed by atoms with Crippen LogP contribution in [0.1, 0.15) is 56.6 Å². The van der Waals surface area contributed by atoms with E-state index in [0.717, 1.165) is 17.5 Å². The summed E-state index contributed by atoms with van der Waals surface area (Å²) in [6, 6.07) is 16.1. The van der Waals surface area contributed by atoms with Gasteiger partial charge in [-0.1, -0.05) is 55.0 Å². The Bertz CT molecular complexity index is 1030. The minimum absolute atomic E-state index is 0.0154. The lowest BCUT2D eigenvalue weighted by atomic mass is 9.89. The summed E-state index contributed by atoms with van der Waals surface area (Å²) >= 11 is 0. The average Bonchev–Trinajstić information content (AvgIpc) is 3.40. The molecule has 1 fully saturated rings. The lowest BCUT2D eigenvalue weighted by Crippen LogP contribution is -2.45. The van der Waals surface area contributed by atoms with Gasteiger partial charge in [0, 0.05) is 18.5 Å². The number of aliphatic carboxylic acids is 1. The van der Waals surface area contributed by atoms with E-state index in [-0.39, 0.29) is 36.9 Å². The fourth-order valence-electron chi connectivity index (χ4n) is 4.97. The van der Waals surface area contributed by atoms with Crippen LogP contribution in [0.15, 0.2) is 48.5 Å². The minimum Gasteiger partial charge on any atom is -0.481 e. The van der Waals surface area contributed by atoms with Crippen LogP contribution in [0.4, 0.5) is 4.79 Å². The summed E-state index contributed by atoms with van der Waals surface area (Å²) in [5, 5.41) is 15.0. The molecule has 2 aliphatic rings. The van der Waals surface area contributed by atoms with Gasteiger partial charge in [-0.3, -0.25) is 9.59 Å². The molecule has 2 aromatic carbocycles. The molecular weight excluding hydrogens is 432 g/mol. The van der Waals surface area contributed by atoms with E-state index in [0.29, 0.717) is 19.3 Å². The van der Waals surface area contributed by atoms with Crippen LogP contribution in [0.5, 0.6) is 0 Å². The standard InChI is InChI=1S/C27H32N2O5/c1-27(2,25(31)32)14-15-28-24(30)21-12-7-13-23(21)29-26(33)34-16-22-19-10-5-3-8-17(19)18-9-4-6-11-20(18)22/h3-6,8-11,21-23H,7,12-16H2,1-2H3,(H,28,30)(H,29,33)(H,31,32)/t21-,23+/m1/s1. The van der Waals surface area contributed by atoms with Crippen molar-refractivity contribution in [3.63, 3.8) is 0 Å². The van der Waals surface area contributed by atoms with Gasteiger partial charge in [-0.25, -0.2) is 4.79 Å². The van der Waals surface area contributed by atoms with Crippen molar-refractivity contribution in [3.05, 3.63) is 59.7 Å². The zero-order chi connectivity index (χ0) is 24.3. The van der Waals surface area contributed by atoms with Gasteiger partial charge >= 0.3 is 12.1 Å². The van der Waals surface area contributed by atoms with Crippen LogP contribution < -0.4 is 10.6 Å². The number of alkyl carbamates (subject to hydrolysis) is 1. The summed E-state index contributed by atoms with van der Waals surface area (Å²) < 4.78 is 5.63.